The van der Waals surface area contributed by atoms with Gasteiger partial charge in [-0.2, -0.15) is 0 Å². The lowest BCUT2D eigenvalue weighted by Gasteiger charge is -2.22. The van der Waals surface area contributed by atoms with Gasteiger partial charge >= 0.3 is 5.97 Å². The summed E-state index contributed by atoms with van der Waals surface area (Å²) in [5.74, 6) is -0.197. The van der Waals surface area contributed by atoms with Gasteiger partial charge in [0.15, 0.2) is 0 Å². The van der Waals surface area contributed by atoms with E-state index < -0.39 is 5.41 Å². The molecule has 0 saturated carbocycles. The second kappa shape index (κ2) is 5.60. The maximum absolute atomic E-state index is 11.8. The van der Waals surface area contributed by atoms with Crippen LogP contribution in [0.2, 0.25) is 0 Å². The molecule has 2 heteroatoms. The summed E-state index contributed by atoms with van der Waals surface area (Å²) in [6.45, 7) is 3.79. The van der Waals surface area contributed by atoms with Crippen molar-refractivity contribution in [3.63, 3.8) is 0 Å². The fraction of sp³-hybridized carbons (Fsp3) is 0.471. The normalized spacial score (nSPS) is 15.8. The molecule has 102 valence electrons. The van der Waals surface area contributed by atoms with E-state index in [1.165, 1.54) is 43.9 Å². The van der Waals surface area contributed by atoms with Crippen LogP contribution in [0.1, 0.15) is 50.7 Å². The molecule has 2 nitrogen and oxygen atoms in total. The summed E-state index contributed by atoms with van der Waals surface area (Å²) < 4.78 is 4.87. The minimum absolute atomic E-state index is 0.197. The number of benzene rings is 1. The van der Waals surface area contributed by atoms with Crippen LogP contribution in [0, 0.1) is 0 Å². The third-order valence-corrected chi connectivity index (χ3v) is 3.96. The number of allylic oxidation sites excluding steroid dienone is 2. The van der Waals surface area contributed by atoms with Crippen LogP contribution in [0.3, 0.4) is 0 Å². The molecule has 0 spiro atoms. The number of esters is 1. The van der Waals surface area contributed by atoms with E-state index in [9.17, 15) is 4.79 Å². The highest BCUT2D eigenvalue weighted by atomic mass is 16.5. The molecule has 0 saturated heterocycles. The van der Waals surface area contributed by atoms with E-state index in [0.29, 0.717) is 0 Å². The van der Waals surface area contributed by atoms with Crippen molar-refractivity contribution >= 4 is 11.5 Å². The zero-order chi connectivity index (χ0) is 13.9. The molecule has 0 aromatic heterocycles. The zero-order valence-corrected chi connectivity index (χ0v) is 12.0. The maximum Gasteiger partial charge on any atom is 0.315 e. The van der Waals surface area contributed by atoms with Crippen molar-refractivity contribution in [2.45, 2.75) is 44.9 Å². The number of rotatable bonds is 3. The first kappa shape index (κ1) is 13.9. The van der Waals surface area contributed by atoms with Gasteiger partial charge in [-0.1, -0.05) is 30.3 Å². The quantitative estimate of drug-likeness (QED) is 0.763. The number of hydrogen-bond acceptors (Lipinski definition) is 2. The summed E-state index contributed by atoms with van der Waals surface area (Å²) in [6.07, 6.45) is 7.27. The zero-order valence-electron chi connectivity index (χ0n) is 12.0. The number of carbonyl (C=O) groups excluding carboxylic acids is 1. The van der Waals surface area contributed by atoms with Gasteiger partial charge in [-0.05, 0) is 56.2 Å². The summed E-state index contributed by atoms with van der Waals surface area (Å²) in [5.41, 5.74) is 3.13. The Hall–Kier alpha value is -1.57. The average molecular weight is 258 g/mol. The van der Waals surface area contributed by atoms with Crippen LogP contribution in [0.4, 0.5) is 0 Å². The van der Waals surface area contributed by atoms with Crippen molar-refractivity contribution in [3.05, 3.63) is 41.5 Å². The molecule has 0 radical (unpaired) electrons. The second-order valence-electron chi connectivity index (χ2n) is 5.67. The highest BCUT2D eigenvalue weighted by Gasteiger charge is 2.30. The van der Waals surface area contributed by atoms with E-state index in [1.807, 2.05) is 26.0 Å². The van der Waals surface area contributed by atoms with Gasteiger partial charge < -0.3 is 4.74 Å². The fourth-order valence-corrected chi connectivity index (χ4v) is 2.57. The Kier molecular flexibility index (Phi) is 4.08. The molecule has 2 rings (SSSR count). The molecule has 0 unspecified atom stereocenters. The van der Waals surface area contributed by atoms with Crippen molar-refractivity contribution in [1.82, 2.24) is 0 Å². The molecule has 0 amide bonds. The Labute approximate surface area is 115 Å². The van der Waals surface area contributed by atoms with Gasteiger partial charge in [0, 0.05) is 0 Å². The summed E-state index contributed by atoms with van der Waals surface area (Å²) in [5, 5.41) is 0. The first-order chi connectivity index (χ1) is 9.05. The van der Waals surface area contributed by atoms with Crippen LogP contribution in [-0.4, -0.2) is 13.1 Å². The monoisotopic (exact) mass is 258 g/mol. The third kappa shape index (κ3) is 2.89. The SMILES string of the molecule is COC(=O)C(C)(C)c1ccc(C2=CCCCC2)cc1. The smallest absolute Gasteiger partial charge is 0.315 e. The van der Waals surface area contributed by atoms with Crippen LogP contribution in [0.15, 0.2) is 30.3 Å². The lowest BCUT2D eigenvalue weighted by atomic mass is 9.83. The molecule has 0 N–H and O–H groups in total. The van der Waals surface area contributed by atoms with Gasteiger partial charge in [-0.15, -0.1) is 0 Å². The Bertz CT molecular complexity index is 480. The summed E-state index contributed by atoms with van der Waals surface area (Å²) in [4.78, 5) is 11.8. The lowest BCUT2D eigenvalue weighted by Crippen LogP contribution is -2.30. The minimum atomic E-state index is -0.589. The average Bonchev–Trinajstić information content (AvgIpc) is 2.47. The van der Waals surface area contributed by atoms with E-state index in [-0.39, 0.29) is 5.97 Å². The van der Waals surface area contributed by atoms with Crippen LogP contribution in [0.5, 0.6) is 0 Å². The van der Waals surface area contributed by atoms with E-state index in [0.717, 1.165) is 5.56 Å². The van der Waals surface area contributed by atoms with Crippen molar-refractivity contribution in [2.24, 2.45) is 0 Å². The number of ether oxygens (including phenoxy) is 1. The fourth-order valence-electron chi connectivity index (χ4n) is 2.57. The molecule has 1 aliphatic rings. The Morgan fingerprint density at radius 3 is 2.37 bits per heavy atom. The van der Waals surface area contributed by atoms with Crippen LogP contribution < -0.4 is 0 Å². The van der Waals surface area contributed by atoms with Gasteiger partial charge in [-0.3, -0.25) is 4.79 Å². The van der Waals surface area contributed by atoms with Crippen molar-refractivity contribution in [3.8, 4) is 0 Å². The number of hydrogen-bond donors (Lipinski definition) is 0. The molecule has 0 aliphatic heterocycles. The minimum Gasteiger partial charge on any atom is -0.468 e. The summed E-state index contributed by atoms with van der Waals surface area (Å²) in [7, 11) is 1.44. The number of carbonyl (C=O) groups is 1. The van der Waals surface area contributed by atoms with Gasteiger partial charge in [0.25, 0.3) is 0 Å². The largest absolute Gasteiger partial charge is 0.468 e. The van der Waals surface area contributed by atoms with Crippen LogP contribution in [0.25, 0.3) is 5.57 Å². The Morgan fingerprint density at radius 1 is 1.16 bits per heavy atom. The molecular weight excluding hydrogens is 236 g/mol. The third-order valence-electron chi connectivity index (χ3n) is 3.96. The van der Waals surface area contributed by atoms with Gasteiger partial charge in [0.1, 0.15) is 0 Å². The first-order valence-electron chi connectivity index (χ1n) is 6.94. The Morgan fingerprint density at radius 2 is 1.84 bits per heavy atom. The predicted molar refractivity (Wildman–Crippen MR) is 77.9 cm³/mol. The predicted octanol–water partition coefficient (Wildman–Crippen LogP) is 4.09. The van der Waals surface area contributed by atoms with E-state index in [1.54, 1.807) is 0 Å². The molecule has 1 aromatic rings. The van der Waals surface area contributed by atoms with Gasteiger partial charge in [0.2, 0.25) is 0 Å². The molecule has 1 aliphatic carbocycles. The molecular formula is C17H22O2. The molecule has 0 atom stereocenters. The van der Waals surface area contributed by atoms with Crippen molar-refractivity contribution in [2.75, 3.05) is 7.11 Å². The van der Waals surface area contributed by atoms with Crippen molar-refractivity contribution < 1.29 is 9.53 Å². The van der Waals surface area contributed by atoms with Gasteiger partial charge in [0.05, 0.1) is 12.5 Å². The maximum atomic E-state index is 11.8. The summed E-state index contributed by atoms with van der Waals surface area (Å²) in [6, 6.07) is 8.33. The standard InChI is InChI=1S/C17H22O2/c1-17(2,16(18)19-3)15-11-9-14(10-12-15)13-7-5-4-6-8-13/h7,9-12H,4-6,8H2,1-3H3. The molecule has 0 bridgehead atoms. The highest BCUT2D eigenvalue weighted by molar-refractivity contribution is 5.82. The van der Waals surface area contributed by atoms with Crippen molar-refractivity contribution in [1.29, 1.82) is 0 Å². The highest BCUT2D eigenvalue weighted by Crippen LogP contribution is 2.30. The van der Waals surface area contributed by atoms with E-state index in [2.05, 4.69) is 18.2 Å². The molecule has 0 fully saturated rings. The molecule has 1 aromatic carbocycles. The van der Waals surface area contributed by atoms with Gasteiger partial charge in [-0.25, -0.2) is 0 Å². The second-order valence-corrected chi connectivity index (χ2v) is 5.67. The van der Waals surface area contributed by atoms with E-state index >= 15 is 0 Å². The van der Waals surface area contributed by atoms with E-state index in [4.69, 9.17) is 4.74 Å². The molecule has 0 heterocycles. The number of methoxy groups -OCH3 is 1. The Balaban J connectivity index is 2.23. The van der Waals surface area contributed by atoms with Crippen LogP contribution >= 0.6 is 0 Å². The van der Waals surface area contributed by atoms with Crippen LogP contribution in [-0.2, 0) is 14.9 Å². The molecule has 19 heavy (non-hydrogen) atoms. The first-order valence-corrected chi connectivity index (χ1v) is 6.94. The summed E-state index contributed by atoms with van der Waals surface area (Å²) >= 11 is 0. The topological polar surface area (TPSA) is 26.3 Å². The lowest BCUT2D eigenvalue weighted by molar-refractivity contribution is -0.146.